The Bertz CT molecular complexity index is 3310. The predicted octanol–water partition coefficient (Wildman–Crippen LogP) is 15.4. The van der Waals surface area contributed by atoms with Gasteiger partial charge in [-0.2, -0.15) is 0 Å². The van der Waals surface area contributed by atoms with E-state index in [1.165, 1.54) is 51.2 Å². The van der Waals surface area contributed by atoms with Crippen LogP contribution in [0.3, 0.4) is 0 Å². The first-order valence-electron chi connectivity index (χ1n) is 23.5. The number of fused-ring (bicyclic) bond motifs is 5. The number of pyridine rings is 1. The van der Waals surface area contributed by atoms with Crippen LogP contribution in [0.25, 0.3) is 83.6 Å². The van der Waals surface area contributed by atoms with E-state index in [-0.39, 0.29) is 31.9 Å². The Morgan fingerprint density at radius 2 is 1.25 bits per heavy atom. The molecule has 10 aromatic rings. The van der Waals surface area contributed by atoms with E-state index in [1.54, 1.807) is 16.6 Å². The van der Waals surface area contributed by atoms with Crippen LogP contribution >= 0.6 is 0 Å². The van der Waals surface area contributed by atoms with Gasteiger partial charge < -0.3 is 14.0 Å². The molecule has 1 aliphatic heterocycles. The normalized spacial score (nSPS) is 13.9. The van der Waals surface area contributed by atoms with E-state index in [0.717, 1.165) is 55.6 Å². The largest absolute Gasteiger partial charge is 0.501 e. The van der Waals surface area contributed by atoms with E-state index in [0.29, 0.717) is 0 Å². The van der Waals surface area contributed by atoms with Crippen molar-refractivity contribution in [1.82, 2.24) is 14.5 Å². The molecule has 0 spiro atoms. The van der Waals surface area contributed by atoms with Crippen LogP contribution in [0.2, 0.25) is 38.3 Å². The van der Waals surface area contributed by atoms with Crippen molar-refractivity contribution >= 4 is 59.5 Å². The van der Waals surface area contributed by atoms with Crippen LogP contribution in [-0.4, -0.2) is 30.7 Å². The molecule has 67 heavy (non-hydrogen) atoms. The Kier molecular flexibility index (Phi) is 12.8. The topological polar surface area (TPSA) is 43.9 Å². The zero-order valence-electron chi connectivity index (χ0n) is 39.7. The summed E-state index contributed by atoms with van der Waals surface area (Å²) in [6.07, 6.45) is 1.79. The third-order valence-corrected chi connectivity index (χ3v) is 21.3. The molecule has 0 fully saturated rings. The number of para-hydroxylation sites is 2. The molecule has 0 saturated carbocycles. The molecule has 3 aromatic heterocycles. The number of rotatable bonds is 7. The third kappa shape index (κ3) is 8.75. The fourth-order valence-corrected chi connectivity index (χ4v) is 20.2. The van der Waals surface area contributed by atoms with E-state index < -0.39 is 16.1 Å². The average molecular weight is 1080 g/mol. The Morgan fingerprint density at radius 1 is 0.582 bits per heavy atom. The summed E-state index contributed by atoms with van der Waals surface area (Å²) in [4.78, 5) is 9.59. The van der Waals surface area contributed by atoms with Gasteiger partial charge in [-0.25, -0.2) is 0 Å². The van der Waals surface area contributed by atoms with Crippen molar-refractivity contribution in [2.75, 3.05) is 0 Å². The monoisotopic (exact) mass is 1080 g/mol. The second-order valence-corrected chi connectivity index (χ2v) is 29.5. The van der Waals surface area contributed by atoms with Gasteiger partial charge >= 0.3 is 0 Å². The zero-order chi connectivity index (χ0) is 45.7. The summed E-state index contributed by atoms with van der Waals surface area (Å²) in [5.41, 5.74) is 15.4. The van der Waals surface area contributed by atoms with E-state index in [9.17, 15) is 0 Å². The van der Waals surface area contributed by atoms with Crippen molar-refractivity contribution in [3.63, 3.8) is 0 Å². The summed E-state index contributed by atoms with van der Waals surface area (Å²) >= 11 is 0. The van der Waals surface area contributed by atoms with E-state index in [2.05, 4.69) is 185 Å². The first-order chi connectivity index (χ1) is 31.9. The number of aromatic nitrogens is 3. The summed E-state index contributed by atoms with van der Waals surface area (Å²) < 4.78 is 9.33. The van der Waals surface area contributed by atoms with Crippen molar-refractivity contribution in [1.29, 1.82) is 0 Å². The molecule has 0 saturated heterocycles. The minimum atomic E-state index is -1.48. The summed E-state index contributed by atoms with van der Waals surface area (Å²) in [6.45, 7) is 19.4. The molecule has 0 amide bonds. The second-order valence-electron chi connectivity index (χ2n) is 19.9. The van der Waals surface area contributed by atoms with Gasteiger partial charge in [0, 0.05) is 37.4 Å². The van der Waals surface area contributed by atoms with Gasteiger partial charge in [-0.1, -0.05) is 172 Å². The predicted molar refractivity (Wildman–Crippen MR) is 284 cm³/mol. The Morgan fingerprint density at radius 3 is 1.96 bits per heavy atom. The van der Waals surface area contributed by atoms with Crippen molar-refractivity contribution in [2.45, 2.75) is 77.8 Å². The SMILES string of the molecule is CC(C)c1cc(-c2ccccc2)cc(C(C)C)c1-n1c(-c2[c-]ccc3c2oc2cc(-c4ccc5c(c4)[Si](C)(C)CC[Si]5(C)C)ccc23)nc2ccccc21.[Ir].[c-]1ccccc1-c1ccccn1. The quantitative estimate of drug-likeness (QED) is 0.118. The Balaban J connectivity index is 0.000000375. The molecular formula is C60H57IrN3OSi2-2. The molecule has 7 aromatic carbocycles. The van der Waals surface area contributed by atoms with Crippen molar-refractivity contribution in [3.05, 3.63) is 187 Å². The molecule has 11 rings (SSSR count). The fourth-order valence-electron chi connectivity index (χ4n) is 9.97. The summed E-state index contributed by atoms with van der Waals surface area (Å²) in [7, 11) is -2.89. The number of furan rings is 1. The molecule has 337 valence electrons. The maximum absolute atomic E-state index is 6.94. The van der Waals surface area contributed by atoms with Gasteiger partial charge in [-0.3, -0.25) is 4.98 Å². The number of nitrogens with zero attached hydrogens (tertiary/aromatic N) is 3. The third-order valence-electron chi connectivity index (χ3n) is 13.8. The summed E-state index contributed by atoms with van der Waals surface area (Å²) in [5.74, 6) is 1.42. The molecule has 1 aliphatic rings. The van der Waals surface area contributed by atoms with Crippen LogP contribution < -0.4 is 10.4 Å². The molecule has 1 radical (unpaired) electrons. The molecule has 0 bridgehead atoms. The molecule has 0 aliphatic carbocycles. The fraction of sp³-hybridized carbons (Fsp3) is 0.200. The first kappa shape index (κ1) is 46.2. The summed E-state index contributed by atoms with van der Waals surface area (Å²) in [5, 5.41) is 5.55. The van der Waals surface area contributed by atoms with Crippen LogP contribution in [0, 0.1) is 12.1 Å². The van der Waals surface area contributed by atoms with Crippen LogP contribution in [0.1, 0.15) is 50.7 Å². The molecule has 4 heterocycles. The van der Waals surface area contributed by atoms with Gasteiger partial charge in [0.15, 0.2) is 0 Å². The van der Waals surface area contributed by atoms with Crippen LogP contribution in [0.15, 0.2) is 168 Å². The number of hydrogen-bond acceptors (Lipinski definition) is 3. The Hall–Kier alpha value is -5.96. The smallest absolute Gasteiger partial charge is 0.121 e. The molecular weight excluding hydrogens is 1030 g/mol. The van der Waals surface area contributed by atoms with E-state index in [1.807, 2.05) is 48.5 Å². The standard InChI is InChI=1S/C49H49N2OSi2.C11H8N.Ir/c1-31(2)40-27-36(33-15-10-9-11-16-33)28-41(32(3)4)47(40)51-43-20-13-12-19-42(43)50-49(51)39-18-14-17-38-37-23-21-34(29-44(37)52-48(38)39)35-22-24-45-46(30-35)54(7,8)26-25-53(45,5)6;1-2-6-10(7-3-1)11-8-4-5-9-12-11;/h9-17,19-24,27-32H,25-26H2,1-8H3;1-6,8-9H;/q2*-1;. The van der Waals surface area contributed by atoms with Gasteiger partial charge in [-0.05, 0) is 87.3 Å². The van der Waals surface area contributed by atoms with Crippen molar-refractivity contribution in [3.8, 4) is 50.6 Å². The first-order valence-corrected chi connectivity index (χ1v) is 29.9. The zero-order valence-corrected chi connectivity index (χ0v) is 44.1. The molecule has 4 nitrogen and oxygen atoms in total. The number of imidazole rings is 1. The van der Waals surface area contributed by atoms with E-state index >= 15 is 0 Å². The maximum Gasteiger partial charge on any atom is 0.121 e. The molecule has 7 heteroatoms. The average Bonchev–Trinajstić information content (AvgIpc) is 3.92. The van der Waals surface area contributed by atoms with Gasteiger partial charge in [-0.15, -0.1) is 54.1 Å². The Labute approximate surface area is 411 Å². The van der Waals surface area contributed by atoms with Crippen LogP contribution in [-0.2, 0) is 20.1 Å². The molecule has 0 N–H and O–H groups in total. The van der Waals surface area contributed by atoms with Crippen LogP contribution in [0.5, 0.6) is 0 Å². The minimum Gasteiger partial charge on any atom is -0.501 e. The minimum absolute atomic E-state index is 0. The molecule has 0 unspecified atom stereocenters. The summed E-state index contributed by atoms with van der Waals surface area (Å²) in [6, 6.07) is 65.6. The van der Waals surface area contributed by atoms with Gasteiger partial charge in [0.25, 0.3) is 0 Å². The second kappa shape index (κ2) is 18.6. The molecule has 0 atom stereocenters. The number of hydrogen-bond donors (Lipinski definition) is 0. The maximum atomic E-state index is 6.94. The van der Waals surface area contributed by atoms with Crippen molar-refractivity contribution < 1.29 is 24.5 Å². The van der Waals surface area contributed by atoms with Crippen molar-refractivity contribution in [2.24, 2.45) is 0 Å². The van der Waals surface area contributed by atoms with Gasteiger partial charge in [0.1, 0.15) is 5.58 Å². The number of benzene rings is 7. The van der Waals surface area contributed by atoms with E-state index in [4.69, 9.17) is 9.40 Å². The van der Waals surface area contributed by atoms with Gasteiger partial charge in [0.2, 0.25) is 0 Å². The van der Waals surface area contributed by atoms with Crippen LogP contribution in [0.4, 0.5) is 0 Å². The van der Waals surface area contributed by atoms with Gasteiger partial charge in [0.05, 0.1) is 38.6 Å².